The highest BCUT2D eigenvalue weighted by Crippen LogP contribution is 2.24. The first-order chi connectivity index (χ1) is 9.25. The minimum absolute atomic E-state index is 0.0467. The second kappa shape index (κ2) is 6.82. The first-order valence-electron chi connectivity index (χ1n) is 6.49. The maximum atomic E-state index is 11.7. The van der Waals surface area contributed by atoms with Crippen molar-refractivity contribution < 1.29 is 14.3 Å². The molecule has 0 spiro atoms. The molecule has 0 aliphatic heterocycles. The van der Waals surface area contributed by atoms with Gasteiger partial charge in [-0.15, -0.1) is 0 Å². The van der Waals surface area contributed by atoms with Gasteiger partial charge in [0.05, 0.1) is 5.92 Å². The van der Waals surface area contributed by atoms with Crippen LogP contribution < -0.4 is 5.32 Å². The molecule has 1 saturated carbocycles. The molecule has 1 N–H and O–H groups in total. The predicted octanol–water partition coefficient (Wildman–Crippen LogP) is 1.54. The lowest BCUT2D eigenvalue weighted by atomic mass is 9.89. The molecular formula is C13H17N3O3. The van der Waals surface area contributed by atoms with E-state index in [1.165, 1.54) is 18.8 Å². The monoisotopic (exact) mass is 263 g/mol. The van der Waals surface area contributed by atoms with Gasteiger partial charge in [0.1, 0.15) is 0 Å². The molecule has 0 aromatic carbocycles. The van der Waals surface area contributed by atoms with E-state index in [0.29, 0.717) is 0 Å². The van der Waals surface area contributed by atoms with Crippen molar-refractivity contribution in [2.24, 2.45) is 5.92 Å². The average Bonchev–Trinajstić information content (AvgIpc) is 2.47. The molecule has 1 aliphatic rings. The van der Waals surface area contributed by atoms with Gasteiger partial charge in [0.25, 0.3) is 5.91 Å². The van der Waals surface area contributed by atoms with Crippen molar-refractivity contribution in [2.45, 2.75) is 32.1 Å². The van der Waals surface area contributed by atoms with Crippen LogP contribution in [-0.4, -0.2) is 28.5 Å². The summed E-state index contributed by atoms with van der Waals surface area (Å²) < 4.78 is 5.01. The number of amides is 1. The minimum Gasteiger partial charge on any atom is -0.455 e. The maximum Gasteiger partial charge on any atom is 0.309 e. The third-order valence-electron chi connectivity index (χ3n) is 3.10. The molecule has 6 nitrogen and oxygen atoms in total. The molecule has 0 radical (unpaired) electrons. The summed E-state index contributed by atoms with van der Waals surface area (Å²) in [6.45, 7) is -0.284. The van der Waals surface area contributed by atoms with E-state index in [1.807, 2.05) is 0 Å². The molecule has 19 heavy (non-hydrogen) atoms. The summed E-state index contributed by atoms with van der Waals surface area (Å²) in [7, 11) is 0. The molecule has 0 atom stereocenters. The van der Waals surface area contributed by atoms with Crippen molar-refractivity contribution in [3.63, 3.8) is 0 Å². The number of ether oxygens (including phenoxy) is 1. The lowest BCUT2D eigenvalue weighted by molar-refractivity contribution is -0.152. The molecular weight excluding hydrogens is 246 g/mol. The van der Waals surface area contributed by atoms with E-state index >= 15 is 0 Å². The number of anilines is 1. The number of hydrogen-bond donors (Lipinski definition) is 1. The number of carbonyl (C=O) groups excluding carboxylic acids is 2. The molecule has 1 amide bonds. The summed E-state index contributed by atoms with van der Waals surface area (Å²) in [5.74, 6) is -0.532. The Morgan fingerprint density at radius 1 is 1.21 bits per heavy atom. The fourth-order valence-corrected chi connectivity index (χ4v) is 2.12. The van der Waals surface area contributed by atoms with E-state index < -0.39 is 5.91 Å². The number of aromatic nitrogens is 2. The van der Waals surface area contributed by atoms with E-state index in [2.05, 4.69) is 15.3 Å². The summed E-state index contributed by atoms with van der Waals surface area (Å²) in [4.78, 5) is 31.0. The van der Waals surface area contributed by atoms with Crippen LogP contribution in [-0.2, 0) is 14.3 Å². The van der Waals surface area contributed by atoms with Crippen molar-refractivity contribution >= 4 is 17.8 Å². The van der Waals surface area contributed by atoms with Crippen LogP contribution in [0.1, 0.15) is 32.1 Å². The van der Waals surface area contributed by atoms with Gasteiger partial charge in [-0.3, -0.25) is 14.9 Å². The Kier molecular flexibility index (Phi) is 4.83. The fraction of sp³-hybridized carbons (Fsp3) is 0.538. The van der Waals surface area contributed by atoms with Crippen LogP contribution in [0.15, 0.2) is 18.5 Å². The Labute approximate surface area is 111 Å². The molecule has 1 aromatic heterocycles. The van der Waals surface area contributed by atoms with Crippen LogP contribution in [0.25, 0.3) is 0 Å². The van der Waals surface area contributed by atoms with E-state index in [-0.39, 0.29) is 24.4 Å². The van der Waals surface area contributed by atoms with Gasteiger partial charge in [0.15, 0.2) is 6.61 Å². The van der Waals surface area contributed by atoms with Crippen molar-refractivity contribution in [3.8, 4) is 0 Å². The number of hydrogen-bond acceptors (Lipinski definition) is 5. The minimum atomic E-state index is -0.421. The zero-order chi connectivity index (χ0) is 13.5. The van der Waals surface area contributed by atoms with Gasteiger partial charge >= 0.3 is 5.97 Å². The van der Waals surface area contributed by atoms with Crippen molar-refractivity contribution in [3.05, 3.63) is 18.5 Å². The average molecular weight is 263 g/mol. The number of nitrogens with one attached hydrogen (secondary N) is 1. The molecule has 2 rings (SSSR count). The Hall–Kier alpha value is -1.98. The molecule has 1 aromatic rings. The molecule has 102 valence electrons. The van der Waals surface area contributed by atoms with Crippen LogP contribution in [0.3, 0.4) is 0 Å². The standard InChI is InChI=1S/C13H17N3O3/c17-11(16-13-14-7-4-8-15-13)9-19-12(18)10-5-2-1-3-6-10/h4,7-8,10H,1-3,5-6,9H2,(H,14,15,16,17). The van der Waals surface area contributed by atoms with Gasteiger partial charge in [-0.25, -0.2) is 9.97 Å². The topological polar surface area (TPSA) is 81.2 Å². The van der Waals surface area contributed by atoms with Gasteiger partial charge in [0.2, 0.25) is 5.95 Å². The highest BCUT2D eigenvalue weighted by Gasteiger charge is 2.23. The highest BCUT2D eigenvalue weighted by atomic mass is 16.5. The van der Waals surface area contributed by atoms with Gasteiger partial charge in [-0.2, -0.15) is 0 Å². The summed E-state index contributed by atoms with van der Waals surface area (Å²) in [6, 6.07) is 1.65. The van der Waals surface area contributed by atoms with Gasteiger partial charge in [-0.05, 0) is 18.9 Å². The molecule has 1 fully saturated rings. The Morgan fingerprint density at radius 3 is 2.58 bits per heavy atom. The quantitative estimate of drug-likeness (QED) is 0.833. The molecule has 0 bridgehead atoms. The maximum absolute atomic E-state index is 11.7. The fourth-order valence-electron chi connectivity index (χ4n) is 2.12. The third-order valence-corrected chi connectivity index (χ3v) is 3.10. The molecule has 0 unspecified atom stereocenters. The summed E-state index contributed by atoms with van der Waals surface area (Å²) >= 11 is 0. The van der Waals surface area contributed by atoms with Crippen LogP contribution in [0.5, 0.6) is 0 Å². The molecule has 0 saturated heterocycles. The Morgan fingerprint density at radius 2 is 1.89 bits per heavy atom. The summed E-state index contributed by atoms with van der Waals surface area (Å²) in [6.07, 6.45) is 8.07. The van der Waals surface area contributed by atoms with Crippen molar-refractivity contribution in [1.29, 1.82) is 0 Å². The van der Waals surface area contributed by atoms with E-state index in [4.69, 9.17) is 4.74 Å². The number of carbonyl (C=O) groups is 2. The Bertz CT molecular complexity index is 430. The second-order valence-electron chi connectivity index (χ2n) is 4.56. The van der Waals surface area contributed by atoms with E-state index in [0.717, 1.165) is 25.7 Å². The number of esters is 1. The Balaban J connectivity index is 1.72. The number of nitrogens with zero attached hydrogens (tertiary/aromatic N) is 2. The molecule has 1 heterocycles. The van der Waals surface area contributed by atoms with Crippen LogP contribution in [0, 0.1) is 5.92 Å². The largest absolute Gasteiger partial charge is 0.455 e. The normalized spacial score (nSPS) is 15.8. The summed E-state index contributed by atoms with van der Waals surface area (Å²) in [5, 5.41) is 2.46. The molecule has 1 aliphatic carbocycles. The third kappa shape index (κ3) is 4.31. The SMILES string of the molecule is O=C(COC(=O)C1CCCCC1)Nc1ncccn1. The smallest absolute Gasteiger partial charge is 0.309 e. The number of rotatable bonds is 4. The van der Waals surface area contributed by atoms with Gasteiger partial charge in [-0.1, -0.05) is 19.3 Å². The lowest BCUT2D eigenvalue weighted by Crippen LogP contribution is -2.26. The lowest BCUT2D eigenvalue weighted by Gasteiger charge is -2.19. The van der Waals surface area contributed by atoms with Crippen LogP contribution in [0.4, 0.5) is 5.95 Å². The zero-order valence-electron chi connectivity index (χ0n) is 10.7. The highest BCUT2D eigenvalue weighted by molar-refractivity contribution is 5.91. The van der Waals surface area contributed by atoms with Gasteiger partial charge < -0.3 is 4.74 Å². The molecule has 6 heteroatoms. The van der Waals surface area contributed by atoms with Gasteiger partial charge in [0, 0.05) is 12.4 Å². The van der Waals surface area contributed by atoms with E-state index in [9.17, 15) is 9.59 Å². The van der Waals surface area contributed by atoms with Crippen LogP contribution in [0.2, 0.25) is 0 Å². The summed E-state index contributed by atoms with van der Waals surface area (Å²) in [5.41, 5.74) is 0. The second-order valence-corrected chi connectivity index (χ2v) is 4.56. The first-order valence-corrected chi connectivity index (χ1v) is 6.49. The predicted molar refractivity (Wildman–Crippen MR) is 68.2 cm³/mol. The van der Waals surface area contributed by atoms with E-state index in [1.54, 1.807) is 6.07 Å². The zero-order valence-corrected chi connectivity index (χ0v) is 10.7. The first kappa shape index (κ1) is 13.5. The van der Waals surface area contributed by atoms with Crippen LogP contribution >= 0.6 is 0 Å². The van der Waals surface area contributed by atoms with Crippen molar-refractivity contribution in [2.75, 3.05) is 11.9 Å². The van der Waals surface area contributed by atoms with Crippen molar-refractivity contribution in [1.82, 2.24) is 9.97 Å².